The van der Waals surface area contributed by atoms with Gasteiger partial charge in [0.15, 0.2) is 23.6 Å². The number of amides is 1. The molecule has 3 fully saturated rings. The van der Waals surface area contributed by atoms with Crippen molar-refractivity contribution in [1.29, 1.82) is 0 Å². The molecule has 3 aromatic carbocycles. The zero-order valence-electron chi connectivity index (χ0n) is 35.2. The Labute approximate surface area is 358 Å². The summed E-state index contributed by atoms with van der Waals surface area (Å²) in [5.41, 5.74) is -7.02. The summed E-state index contributed by atoms with van der Waals surface area (Å²) in [7, 11) is 0. The second-order valence-electron chi connectivity index (χ2n) is 17.4. The van der Waals surface area contributed by atoms with Crippen molar-refractivity contribution in [3.05, 3.63) is 119 Å². The monoisotopic (exact) mass is 853 g/mol. The van der Waals surface area contributed by atoms with Crippen molar-refractivity contribution in [1.82, 2.24) is 5.32 Å². The highest BCUT2D eigenvalue weighted by Gasteiger charge is 2.78. The molecule has 11 atom stereocenters. The highest BCUT2D eigenvalue weighted by molar-refractivity contribution is 5.96. The fourth-order valence-electron chi connectivity index (χ4n) is 10.2. The van der Waals surface area contributed by atoms with Crippen LogP contribution in [-0.4, -0.2) is 105 Å². The molecule has 2 saturated carbocycles. The van der Waals surface area contributed by atoms with Gasteiger partial charge >= 0.3 is 23.9 Å². The van der Waals surface area contributed by atoms with Gasteiger partial charge in [0.25, 0.3) is 5.91 Å². The van der Waals surface area contributed by atoms with Crippen molar-refractivity contribution in [3.63, 3.8) is 0 Å². The van der Waals surface area contributed by atoms with Gasteiger partial charge in [0.1, 0.15) is 23.9 Å². The summed E-state index contributed by atoms with van der Waals surface area (Å²) >= 11 is 0. The quantitative estimate of drug-likeness (QED) is 0.130. The maximum Gasteiger partial charge on any atom is 0.338 e. The van der Waals surface area contributed by atoms with Crippen LogP contribution in [0.2, 0.25) is 0 Å². The number of aliphatic hydroxyl groups excluding tert-OH is 2. The Morgan fingerprint density at radius 3 is 1.95 bits per heavy atom. The first kappa shape index (κ1) is 44.3. The normalized spacial score (nSPS) is 31.9. The van der Waals surface area contributed by atoms with E-state index in [2.05, 4.69) is 5.32 Å². The van der Waals surface area contributed by atoms with Crippen LogP contribution in [0.3, 0.4) is 0 Å². The van der Waals surface area contributed by atoms with Gasteiger partial charge in [0.05, 0.1) is 35.6 Å². The lowest BCUT2D eigenvalue weighted by Crippen LogP contribution is -2.82. The molecule has 4 aliphatic rings. The van der Waals surface area contributed by atoms with Crippen LogP contribution >= 0.6 is 0 Å². The number of benzene rings is 3. The molecule has 7 rings (SSSR count). The third-order valence-corrected chi connectivity index (χ3v) is 13.5. The third-order valence-electron chi connectivity index (χ3n) is 13.5. The van der Waals surface area contributed by atoms with E-state index in [1.54, 1.807) is 92.7 Å². The maximum atomic E-state index is 15.5. The first-order valence-electron chi connectivity index (χ1n) is 20.5. The van der Waals surface area contributed by atoms with E-state index < -0.39 is 113 Å². The summed E-state index contributed by atoms with van der Waals surface area (Å²) in [4.78, 5) is 83.5. The number of Topliss-reactive ketones (excluding diaryl/α,β-unsaturated/α-hetero) is 1. The molecule has 15 heteroatoms. The average molecular weight is 854 g/mol. The molecule has 0 unspecified atom stereocenters. The molecule has 15 nitrogen and oxygen atoms in total. The summed E-state index contributed by atoms with van der Waals surface area (Å²) in [6.45, 7) is 7.97. The van der Waals surface area contributed by atoms with Crippen molar-refractivity contribution in [2.75, 3.05) is 6.61 Å². The molecule has 62 heavy (non-hydrogen) atoms. The summed E-state index contributed by atoms with van der Waals surface area (Å²) in [5.74, 6) is -6.84. The van der Waals surface area contributed by atoms with Crippen molar-refractivity contribution in [2.24, 2.45) is 16.7 Å². The molecule has 328 valence electrons. The zero-order chi connectivity index (χ0) is 44.9. The summed E-state index contributed by atoms with van der Waals surface area (Å²) in [6.07, 6.45) is -10.5. The van der Waals surface area contributed by atoms with E-state index in [0.29, 0.717) is 5.56 Å². The van der Waals surface area contributed by atoms with Gasteiger partial charge in [0.2, 0.25) is 0 Å². The Morgan fingerprint density at radius 1 is 0.823 bits per heavy atom. The van der Waals surface area contributed by atoms with Crippen LogP contribution in [0, 0.1) is 16.7 Å². The number of nitrogens with one attached hydrogen (secondary N) is 1. The molecule has 3 aliphatic carbocycles. The van der Waals surface area contributed by atoms with Crippen LogP contribution in [0.15, 0.2) is 102 Å². The minimum Gasteiger partial charge on any atom is -0.456 e. The van der Waals surface area contributed by atoms with Gasteiger partial charge in [-0.1, -0.05) is 80.6 Å². The maximum absolute atomic E-state index is 15.5. The Bertz CT molecular complexity index is 2280. The molecule has 2 bridgehead atoms. The Balaban J connectivity index is 1.39. The Hall–Kier alpha value is -5.74. The number of hydrogen-bond acceptors (Lipinski definition) is 14. The molecule has 0 radical (unpaired) electrons. The van der Waals surface area contributed by atoms with Gasteiger partial charge in [0, 0.05) is 37.7 Å². The number of rotatable bonds is 10. The van der Waals surface area contributed by atoms with Crippen molar-refractivity contribution in [3.8, 4) is 0 Å². The summed E-state index contributed by atoms with van der Waals surface area (Å²) < 4.78 is 30.3. The standard InChI is InChI=1S/C47H51NO14/c1-25-31(60-43(56)36(52)35(28-16-10-7-11-17-28)48-41(54)29-18-12-8-13-19-29)23-47(57)40(61-42(55)30-20-14-9-15-21-30)38-45(6,32(51)22-33-46(38,24-58-33)62-27(3)50)39(53)37(59-26(2)49)34(25)44(47,4)5/h7-21,31-33,35-38,40,51-52,57H,22-24H2,1-6H3,(H,48,54)/t31-,32+,33+,35+,36+,37+,38-,40-,45+,46-,47-/m0/s1. The number of esters is 4. The highest BCUT2D eigenvalue weighted by atomic mass is 16.6. The van der Waals surface area contributed by atoms with Crippen LogP contribution in [0.25, 0.3) is 0 Å². The molecule has 4 N–H and O–H groups in total. The van der Waals surface area contributed by atoms with E-state index in [4.69, 9.17) is 23.7 Å². The van der Waals surface area contributed by atoms with Crippen molar-refractivity contribution < 1.29 is 67.8 Å². The number of ketones is 1. The van der Waals surface area contributed by atoms with Crippen LogP contribution in [0.4, 0.5) is 0 Å². The second-order valence-corrected chi connectivity index (χ2v) is 17.4. The van der Waals surface area contributed by atoms with Crippen LogP contribution in [0.5, 0.6) is 0 Å². The Kier molecular flexibility index (Phi) is 11.8. The molecule has 0 aromatic heterocycles. The lowest BCUT2D eigenvalue weighted by molar-refractivity contribution is -0.346. The van der Waals surface area contributed by atoms with Crippen molar-refractivity contribution >= 4 is 35.6 Å². The first-order chi connectivity index (χ1) is 29.3. The SMILES string of the molecule is CC(=O)O[C@H]1C(=O)[C@]2(C)[C@H](O)C[C@H]3OC[C@@]3(OC(C)=O)[C@H]2[C@H](OC(=O)c2ccccc2)[C@@]2(O)C[C@H](OC(=O)[C@H](O)[C@H](NC(=O)c3ccccc3)c3ccccc3)C(C)=C1C2(C)C. The lowest BCUT2D eigenvalue weighted by Gasteiger charge is -2.67. The van der Waals surface area contributed by atoms with Crippen LogP contribution < -0.4 is 5.32 Å². The summed E-state index contributed by atoms with van der Waals surface area (Å²) in [5, 5.41) is 40.2. The van der Waals surface area contributed by atoms with E-state index in [1.807, 2.05) is 0 Å². The topological polar surface area (TPSA) is 221 Å². The molecule has 3 aromatic rings. The molecular formula is C47H51NO14. The third kappa shape index (κ3) is 7.29. The molecule has 1 saturated heterocycles. The largest absolute Gasteiger partial charge is 0.456 e. The van der Waals surface area contributed by atoms with E-state index in [1.165, 1.54) is 26.0 Å². The second kappa shape index (κ2) is 16.5. The smallest absolute Gasteiger partial charge is 0.338 e. The molecular weight excluding hydrogens is 803 g/mol. The number of ether oxygens (including phenoxy) is 5. The van der Waals surface area contributed by atoms with Gasteiger partial charge in [-0.25, -0.2) is 9.59 Å². The number of hydrogen-bond donors (Lipinski definition) is 4. The predicted octanol–water partition coefficient (Wildman–Crippen LogP) is 3.74. The fraction of sp³-hybridized carbons (Fsp3) is 0.447. The molecule has 1 aliphatic heterocycles. The zero-order valence-corrected chi connectivity index (χ0v) is 35.2. The highest BCUT2D eigenvalue weighted by Crippen LogP contribution is 2.64. The molecule has 1 amide bonds. The van der Waals surface area contributed by atoms with Gasteiger partial charge in [-0.05, 0) is 54.8 Å². The first-order valence-corrected chi connectivity index (χ1v) is 20.5. The number of fused-ring (bicyclic) bond motifs is 5. The van der Waals surface area contributed by atoms with Gasteiger partial charge in [-0.3, -0.25) is 19.2 Å². The Morgan fingerprint density at radius 2 is 1.40 bits per heavy atom. The van der Waals surface area contributed by atoms with Gasteiger partial charge in [-0.15, -0.1) is 0 Å². The van der Waals surface area contributed by atoms with Crippen molar-refractivity contribution in [2.45, 2.75) is 108 Å². The number of carbonyl (C=O) groups is 6. The van der Waals surface area contributed by atoms with Crippen LogP contribution in [0.1, 0.15) is 86.7 Å². The van der Waals surface area contributed by atoms with E-state index in [0.717, 1.165) is 13.8 Å². The molecule has 1 heterocycles. The minimum atomic E-state index is -2.39. The van der Waals surface area contributed by atoms with E-state index in [9.17, 15) is 39.3 Å². The van der Waals surface area contributed by atoms with E-state index in [-0.39, 0.29) is 35.3 Å². The lowest BCUT2D eigenvalue weighted by atomic mass is 9.44. The average Bonchev–Trinajstić information content (AvgIpc) is 3.24. The van der Waals surface area contributed by atoms with Crippen LogP contribution in [-0.2, 0) is 42.9 Å². The van der Waals surface area contributed by atoms with E-state index >= 15 is 4.79 Å². The van der Waals surface area contributed by atoms with Gasteiger partial charge in [-0.2, -0.15) is 0 Å². The van der Waals surface area contributed by atoms with Gasteiger partial charge < -0.3 is 44.3 Å². The predicted molar refractivity (Wildman–Crippen MR) is 218 cm³/mol. The summed E-state index contributed by atoms with van der Waals surface area (Å²) in [6, 6.07) is 22.9. The number of aliphatic hydroxyl groups is 3. The molecule has 0 spiro atoms. The number of carbonyl (C=O) groups excluding carboxylic acids is 6. The minimum absolute atomic E-state index is 0.00289. The fourth-order valence-corrected chi connectivity index (χ4v) is 10.2.